The lowest BCUT2D eigenvalue weighted by molar-refractivity contribution is -0.120. The van der Waals surface area contributed by atoms with Crippen molar-refractivity contribution in [2.45, 2.75) is 38.6 Å². The van der Waals surface area contributed by atoms with Crippen molar-refractivity contribution in [1.29, 1.82) is 0 Å². The predicted octanol–water partition coefficient (Wildman–Crippen LogP) is 1.78. The Hall–Kier alpha value is -2.29. The van der Waals surface area contributed by atoms with Crippen LogP contribution in [0.4, 0.5) is 5.69 Å². The van der Waals surface area contributed by atoms with Crippen LogP contribution in [0.15, 0.2) is 30.0 Å². The molecule has 0 spiro atoms. The summed E-state index contributed by atoms with van der Waals surface area (Å²) in [6.07, 6.45) is 3.07. The molecule has 0 aromatic heterocycles. The van der Waals surface area contributed by atoms with Gasteiger partial charge in [-0.15, -0.1) is 0 Å². The highest BCUT2D eigenvalue weighted by atomic mass is 16.5. The minimum absolute atomic E-state index is 0.0778. The van der Waals surface area contributed by atoms with E-state index in [-0.39, 0.29) is 22.7 Å². The first-order valence-electron chi connectivity index (χ1n) is 10.3. The quantitative estimate of drug-likeness (QED) is 0.542. The van der Waals surface area contributed by atoms with Gasteiger partial charge in [0.15, 0.2) is 17.3 Å². The summed E-state index contributed by atoms with van der Waals surface area (Å²) in [6.45, 7) is 4.98. The van der Waals surface area contributed by atoms with E-state index < -0.39 is 11.9 Å². The molecule has 164 valence electrons. The Bertz CT molecular complexity index is 890. The van der Waals surface area contributed by atoms with Gasteiger partial charge in [0, 0.05) is 48.4 Å². The summed E-state index contributed by atoms with van der Waals surface area (Å²) in [6, 6.07) is 5.60. The normalized spacial score (nSPS) is 37.5. The average molecular weight is 417 g/mol. The third kappa shape index (κ3) is 2.97. The van der Waals surface area contributed by atoms with Crippen LogP contribution in [0.1, 0.15) is 26.7 Å². The number of carbonyl (C=O) groups excluding carboxylic acids is 1. The lowest BCUT2D eigenvalue weighted by Gasteiger charge is -2.46. The van der Waals surface area contributed by atoms with Crippen molar-refractivity contribution < 1.29 is 19.0 Å². The number of methoxy groups -OCH3 is 3. The van der Waals surface area contributed by atoms with Crippen LogP contribution in [0.2, 0.25) is 0 Å². The zero-order valence-electron chi connectivity index (χ0n) is 18.3. The van der Waals surface area contributed by atoms with Gasteiger partial charge in [-0.25, -0.2) is 0 Å². The molecule has 8 nitrogen and oxygen atoms in total. The van der Waals surface area contributed by atoms with Gasteiger partial charge in [-0.3, -0.25) is 15.8 Å². The molecule has 2 saturated heterocycles. The highest BCUT2D eigenvalue weighted by molar-refractivity contribution is 5.79. The maximum atomic E-state index is 12.2. The number of nitrogens with one attached hydrogen (secondary N) is 3. The first-order chi connectivity index (χ1) is 14.2. The Morgan fingerprint density at radius 3 is 2.57 bits per heavy atom. The Morgan fingerprint density at radius 2 is 1.90 bits per heavy atom. The molecule has 2 heterocycles. The molecule has 2 unspecified atom stereocenters. The highest BCUT2D eigenvalue weighted by Gasteiger charge is 2.63. The van der Waals surface area contributed by atoms with Gasteiger partial charge in [0.2, 0.25) is 5.91 Å². The molecule has 1 aliphatic carbocycles. The average Bonchev–Trinajstić information content (AvgIpc) is 2.78. The molecule has 0 saturated carbocycles. The number of hydrogen-bond acceptors (Lipinski definition) is 7. The van der Waals surface area contributed by atoms with Gasteiger partial charge in [-0.2, -0.15) is 0 Å². The van der Waals surface area contributed by atoms with Gasteiger partial charge in [0.25, 0.3) is 0 Å². The van der Waals surface area contributed by atoms with Crippen LogP contribution >= 0.6 is 0 Å². The summed E-state index contributed by atoms with van der Waals surface area (Å²) in [4.78, 5) is 12.2. The van der Waals surface area contributed by atoms with Crippen LogP contribution in [0.25, 0.3) is 0 Å². The number of anilines is 1. The number of carbonyl (C=O) groups is 1. The number of nitrogens with two attached hydrogens (primary N) is 1. The van der Waals surface area contributed by atoms with Gasteiger partial charge in [-0.1, -0.05) is 19.9 Å². The molecule has 2 fully saturated rings. The Morgan fingerprint density at radius 1 is 1.17 bits per heavy atom. The molecule has 5 N–H and O–H groups in total. The SMILES string of the molecule is COc1ccc(NC2(N)NCC3(C)C4=C[C@@](C)([C@H]2OC)[C@H]3CCC(=O)N4)cc1OC. The molecule has 30 heavy (non-hydrogen) atoms. The Kier molecular flexibility index (Phi) is 4.99. The number of amides is 1. The molecule has 2 aliphatic heterocycles. The van der Waals surface area contributed by atoms with Crippen molar-refractivity contribution in [1.82, 2.24) is 10.6 Å². The van der Waals surface area contributed by atoms with E-state index in [1.807, 2.05) is 18.2 Å². The number of ether oxygens (including phenoxy) is 3. The molecule has 4 bridgehead atoms. The second-order valence-electron chi connectivity index (χ2n) is 9.01. The molecule has 1 aromatic carbocycles. The highest BCUT2D eigenvalue weighted by Crippen LogP contribution is 2.59. The van der Waals surface area contributed by atoms with Crippen molar-refractivity contribution in [3.05, 3.63) is 30.0 Å². The van der Waals surface area contributed by atoms with Gasteiger partial charge < -0.3 is 24.8 Å². The van der Waals surface area contributed by atoms with E-state index >= 15 is 0 Å². The van der Waals surface area contributed by atoms with Crippen molar-refractivity contribution >= 4 is 11.6 Å². The van der Waals surface area contributed by atoms with Crippen LogP contribution in [0.3, 0.4) is 0 Å². The van der Waals surface area contributed by atoms with E-state index in [4.69, 9.17) is 19.9 Å². The van der Waals surface area contributed by atoms with Crippen molar-refractivity contribution in [3.63, 3.8) is 0 Å². The Balaban J connectivity index is 1.73. The van der Waals surface area contributed by atoms with Crippen LogP contribution in [-0.2, 0) is 9.53 Å². The smallest absolute Gasteiger partial charge is 0.224 e. The summed E-state index contributed by atoms with van der Waals surface area (Å²) in [5, 5.41) is 10.1. The van der Waals surface area contributed by atoms with Crippen LogP contribution in [0.5, 0.6) is 11.5 Å². The monoisotopic (exact) mass is 416 g/mol. The molecule has 3 aliphatic rings. The zero-order valence-corrected chi connectivity index (χ0v) is 18.3. The van der Waals surface area contributed by atoms with Crippen LogP contribution in [-0.4, -0.2) is 45.7 Å². The molecule has 1 aromatic rings. The molecule has 8 heteroatoms. The van der Waals surface area contributed by atoms with E-state index in [1.165, 1.54) is 0 Å². The largest absolute Gasteiger partial charge is 0.493 e. The summed E-state index contributed by atoms with van der Waals surface area (Å²) < 4.78 is 16.8. The third-order valence-electron chi connectivity index (χ3n) is 7.22. The third-order valence-corrected chi connectivity index (χ3v) is 7.22. The van der Waals surface area contributed by atoms with E-state index in [9.17, 15) is 4.79 Å². The number of benzene rings is 1. The van der Waals surface area contributed by atoms with Gasteiger partial charge in [0.1, 0.15) is 6.10 Å². The fraction of sp³-hybridized carbons (Fsp3) is 0.591. The first-order valence-corrected chi connectivity index (χ1v) is 10.3. The summed E-state index contributed by atoms with van der Waals surface area (Å²) in [7, 11) is 4.89. The second-order valence-corrected chi connectivity index (χ2v) is 9.01. The van der Waals surface area contributed by atoms with Gasteiger partial charge in [-0.05, 0) is 24.5 Å². The van der Waals surface area contributed by atoms with E-state index in [2.05, 4.69) is 35.9 Å². The van der Waals surface area contributed by atoms with E-state index in [1.54, 1.807) is 21.3 Å². The van der Waals surface area contributed by atoms with Crippen molar-refractivity contribution in [2.75, 3.05) is 33.2 Å². The first kappa shape index (κ1) is 21.0. The lowest BCUT2D eigenvalue weighted by atomic mass is 9.65. The summed E-state index contributed by atoms with van der Waals surface area (Å²) in [5.74, 6) is 0.522. The maximum absolute atomic E-state index is 12.2. The van der Waals surface area contributed by atoms with Crippen LogP contribution in [0, 0.1) is 16.7 Å². The number of hydrogen-bond donors (Lipinski definition) is 4. The van der Waals surface area contributed by atoms with Gasteiger partial charge >= 0.3 is 0 Å². The van der Waals surface area contributed by atoms with E-state index in [0.717, 1.165) is 17.8 Å². The molecule has 1 amide bonds. The maximum Gasteiger partial charge on any atom is 0.224 e. The molecule has 5 atom stereocenters. The van der Waals surface area contributed by atoms with Gasteiger partial charge in [0.05, 0.1) is 14.2 Å². The topological polar surface area (TPSA) is 107 Å². The lowest BCUT2D eigenvalue weighted by Crippen LogP contribution is -2.70. The summed E-state index contributed by atoms with van der Waals surface area (Å²) in [5.41, 5.74) is 8.11. The fourth-order valence-electron chi connectivity index (χ4n) is 5.84. The Labute approximate surface area is 177 Å². The molecular formula is C22H32N4O4. The summed E-state index contributed by atoms with van der Waals surface area (Å²) >= 11 is 0. The minimum atomic E-state index is -1.04. The molecular weight excluding hydrogens is 384 g/mol. The van der Waals surface area contributed by atoms with Crippen molar-refractivity contribution in [2.24, 2.45) is 22.5 Å². The standard InChI is InChI=1S/C22H32N4O4/c1-20-11-17-21(2,16(20)8-9-18(27)25-17)12-24-22(23,19(20)30-5)26-13-6-7-14(28-3)15(10-13)29-4/h6-7,10-11,16,19,24,26H,8-9,12,23H2,1-5H3,(H,25,27)/t16-,19-,20-,21?,22?/m1/s1. The molecule has 0 radical (unpaired) electrons. The predicted molar refractivity (Wildman–Crippen MR) is 114 cm³/mol. The van der Waals surface area contributed by atoms with Crippen LogP contribution < -0.4 is 31.2 Å². The zero-order chi connectivity index (χ0) is 21.7. The fourth-order valence-corrected chi connectivity index (χ4v) is 5.84. The second kappa shape index (κ2) is 7.14. The van der Waals surface area contributed by atoms with E-state index in [0.29, 0.717) is 24.5 Å². The molecule has 4 rings (SSSR count). The van der Waals surface area contributed by atoms with Crippen molar-refractivity contribution in [3.8, 4) is 11.5 Å². The minimum Gasteiger partial charge on any atom is -0.493 e. The number of rotatable bonds is 5.